The largest absolute Gasteiger partial charge is 2.00 e. The predicted octanol–water partition coefficient (Wildman–Crippen LogP) is 8.88. The van der Waals surface area contributed by atoms with Gasteiger partial charge in [0.15, 0.2) is 0 Å². The number of phenolic OH excluding ortho intramolecular Hbond substituents is 1. The van der Waals surface area contributed by atoms with Crippen molar-refractivity contribution in [1.82, 2.24) is 0 Å². The maximum absolute atomic E-state index is 10.6. The Kier molecular flexibility index (Phi) is 7.70. The van der Waals surface area contributed by atoms with Crippen molar-refractivity contribution in [1.29, 1.82) is 0 Å². The van der Waals surface area contributed by atoms with Crippen LogP contribution in [-0.4, -0.2) is 23.2 Å². The van der Waals surface area contributed by atoms with E-state index in [-0.39, 0.29) is 44.4 Å². The average molecular weight is 761 g/mol. The maximum Gasteiger partial charge on any atom is 2.00 e. The molecule has 0 fully saturated rings. The molecule has 224 valence electrons. The summed E-state index contributed by atoms with van der Waals surface area (Å²) in [4.78, 5) is 5.20. The molecule has 0 spiro atoms. The molecule has 0 saturated heterocycles. The summed E-state index contributed by atoms with van der Waals surface area (Å²) in [5.74, 6) is 1.82. The van der Waals surface area contributed by atoms with Crippen LogP contribution in [0.3, 0.4) is 0 Å². The summed E-state index contributed by atoms with van der Waals surface area (Å²) < 4.78 is 13.0. The van der Waals surface area contributed by atoms with Gasteiger partial charge < -0.3 is 14.6 Å². The molecule has 0 amide bonds. The number of aliphatic imine (C=N–C) groups is 1. The van der Waals surface area contributed by atoms with Gasteiger partial charge in [-0.15, -0.1) is 17.5 Å². The van der Waals surface area contributed by atoms with Crippen LogP contribution in [0.25, 0.3) is 21.9 Å². The zero-order valence-corrected chi connectivity index (χ0v) is 28.1. The summed E-state index contributed by atoms with van der Waals surface area (Å²) in [7, 11) is 0. The normalized spacial score (nSPS) is 18.1. The van der Waals surface area contributed by atoms with Gasteiger partial charge in [-0.3, -0.25) is 4.99 Å². The third-order valence-electron chi connectivity index (χ3n) is 8.96. The molecule has 1 aliphatic carbocycles. The summed E-state index contributed by atoms with van der Waals surface area (Å²) in [6.07, 6.45) is 0.787. The Hall–Kier alpha value is -3.88. The summed E-state index contributed by atoms with van der Waals surface area (Å²) >= 11 is 0. The SMILES string of the molecule is Cc1cc(C)c(-c2cc(Oc3[c-]c4c(O)cc(C)cc4cc3)[c-]c(C3=N[C@@H]4[C@@H](Cc5ccccc5C4(C)C)O3)c2)c(C)c1.[Pt+2]. The Balaban J connectivity index is 0.00000343. The average Bonchev–Trinajstić information content (AvgIpc) is 3.38. The summed E-state index contributed by atoms with van der Waals surface area (Å²) in [6, 6.07) is 31.5. The van der Waals surface area contributed by atoms with Gasteiger partial charge in [0.1, 0.15) is 12.0 Å². The second kappa shape index (κ2) is 11.2. The van der Waals surface area contributed by atoms with Gasteiger partial charge in [0, 0.05) is 29.1 Å². The Bertz CT molecular complexity index is 1930. The number of benzene rings is 5. The molecule has 5 aromatic carbocycles. The summed E-state index contributed by atoms with van der Waals surface area (Å²) in [6.45, 7) is 12.9. The minimum atomic E-state index is -0.164. The van der Waals surface area contributed by atoms with E-state index in [1.165, 1.54) is 27.8 Å². The van der Waals surface area contributed by atoms with Crippen molar-refractivity contribution in [3.05, 3.63) is 124 Å². The first-order chi connectivity index (χ1) is 20.6. The fourth-order valence-electron chi connectivity index (χ4n) is 7.13. The molecule has 0 aromatic heterocycles. The Labute approximate surface area is 274 Å². The quantitative estimate of drug-likeness (QED) is 0.186. The number of hydrogen-bond donors (Lipinski definition) is 1. The van der Waals surface area contributed by atoms with Gasteiger partial charge in [0.25, 0.3) is 0 Å². The molecule has 0 saturated carbocycles. The Morgan fingerprint density at radius 1 is 0.864 bits per heavy atom. The molecular weight excluding hydrogens is 726 g/mol. The van der Waals surface area contributed by atoms with Gasteiger partial charge in [0.2, 0.25) is 0 Å². The fraction of sp³-hybridized carbons (Fsp3) is 0.256. The second-order valence-corrected chi connectivity index (χ2v) is 12.7. The van der Waals surface area contributed by atoms with E-state index in [0.29, 0.717) is 22.8 Å². The van der Waals surface area contributed by atoms with Gasteiger partial charge in [-0.05, 0) is 55.5 Å². The molecular formula is C39H35NO3Pt. The molecule has 1 N–H and O–H groups in total. The van der Waals surface area contributed by atoms with E-state index in [1.807, 2.05) is 31.2 Å². The van der Waals surface area contributed by atoms with Crippen molar-refractivity contribution in [2.45, 2.75) is 65.5 Å². The first-order valence-corrected chi connectivity index (χ1v) is 14.9. The molecule has 1 aliphatic heterocycles. The second-order valence-electron chi connectivity index (χ2n) is 12.7. The van der Waals surface area contributed by atoms with Gasteiger partial charge in [0.05, 0.1) is 6.04 Å². The van der Waals surface area contributed by atoms with Crippen LogP contribution in [0.15, 0.2) is 77.8 Å². The molecule has 1 heterocycles. The van der Waals surface area contributed by atoms with Crippen molar-refractivity contribution in [3.63, 3.8) is 0 Å². The van der Waals surface area contributed by atoms with Crippen molar-refractivity contribution in [2.75, 3.05) is 0 Å². The number of fused-ring (bicyclic) bond motifs is 3. The molecule has 0 bridgehead atoms. The molecule has 4 nitrogen and oxygen atoms in total. The van der Waals surface area contributed by atoms with E-state index in [9.17, 15) is 5.11 Å². The third kappa shape index (κ3) is 5.24. The standard InChI is InChI=1S/C39H35NO3.Pt/c1-22-13-24(3)36(25(4)14-22)28-17-29(38-40-37-35(43-38)20-27-9-7-8-10-33(27)39(37,5)6)19-31(18-28)42-30-12-11-26-15-23(2)16-34(41)32(26)21-30;/h7-18,35,37,41H,20H2,1-6H3;/q-2;+2/t35-,37-;/m1./s1. The van der Waals surface area contributed by atoms with E-state index >= 15 is 0 Å². The van der Waals surface area contributed by atoms with Crippen LogP contribution < -0.4 is 4.74 Å². The van der Waals surface area contributed by atoms with Crippen molar-refractivity contribution >= 4 is 16.7 Å². The Morgan fingerprint density at radius 2 is 1.59 bits per heavy atom. The van der Waals surface area contributed by atoms with Crippen LogP contribution in [0.4, 0.5) is 0 Å². The van der Waals surface area contributed by atoms with Crippen LogP contribution in [0.2, 0.25) is 0 Å². The minimum Gasteiger partial charge on any atom is -0.551 e. The predicted molar refractivity (Wildman–Crippen MR) is 173 cm³/mol. The molecule has 0 radical (unpaired) electrons. The first-order valence-electron chi connectivity index (χ1n) is 14.9. The van der Waals surface area contributed by atoms with Crippen LogP contribution in [0.5, 0.6) is 17.2 Å². The van der Waals surface area contributed by atoms with Crippen LogP contribution in [-0.2, 0) is 37.6 Å². The molecule has 2 atom stereocenters. The number of nitrogens with zero attached hydrogens (tertiary/aromatic N) is 1. The minimum absolute atomic E-state index is 0. The van der Waals surface area contributed by atoms with E-state index < -0.39 is 0 Å². The van der Waals surface area contributed by atoms with E-state index in [4.69, 9.17) is 14.5 Å². The summed E-state index contributed by atoms with van der Waals surface area (Å²) in [5, 5.41) is 12.1. The molecule has 2 aliphatic rings. The van der Waals surface area contributed by atoms with Gasteiger partial charge in [-0.25, -0.2) is 0 Å². The number of aromatic hydroxyl groups is 1. The monoisotopic (exact) mass is 760 g/mol. The van der Waals surface area contributed by atoms with E-state index in [1.54, 1.807) is 6.07 Å². The molecule has 5 heteroatoms. The molecule has 7 rings (SSSR count). The fourth-order valence-corrected chi connectivity index (χ4v) is 7.13. The zero-order valence-electron chi connectivity index (χ0n) is 25.8. The van der Waals surface area contributed by atoms with Crippen LogP contribution >= 0.6 is 0 Å². The van der Waals surface area contributed by atoms with Gasteiger partial charge in [-0.1, -0.05) is 114 Å². The number of rotatable bonds is 4. The van der Waals surface area contributed by atoms with Crippen molar-refractivity contribution in [3.8, 4) is 28.4 Å². The van der Waals surface area contributed by atoms with E-state index in [2.05, 4.69) is 89.2 Å². The van der Waals surface area contributed by atoms with Gasteiger partial charge in [-0.2, -0.15) is 0 Å². The first kappa shape index (κ1) is 30.2. The molecule has 44 heavy (non-hydrogen) atoms. The van der Waals surface area contributed by atoms with Crippen molar-refractivity contribution in [2.24, 2.45) is 4.99 Å². The smallest absolute Gasteiger partial charge is 0.551 e. The van der Waals surface area contributed by atoms with Gasteiger partial charge >= 0.3 is 21.1 Å². The Morgan fingerprint density at radius 3 is 2.36 bits per heavy atom. The zero-order chi connectivity index (χ0) is 30.0. The maximum atomic E-state index is 10.6. The number of ether oxygens (including phenoxy) is 2. The van der Waals surface area contributed by atoms with E-state index in [0.717, 1.165) is 34.1 Å². The molecule has 0 unspecified atom stereocenters. The number of hydrogen-bond acceptors (Lipinski definition) is 4. The van der Waals surface area contributed by atoms with Crippen molar-refractivity contribution < 1.29 is 35.6 Å². The molecule has 5 aromatic rings. The van der Waals surface area contributed by atoms with Crippen LogP contribution in [0, 0.1) is 39.8 Å². The van der Waals surface area contributed by atoms with Crippen LogP contribution in [0.1, 0.15) is 52.8 Å². The number of aryl methyl sites for hydroxylation is 4. The third-order valence-corrected chi connectivity index (χ3v) is 8.96. The number of phenols is 1. The topological polar surface area (TPSA) is 51.0 Å². The summed E-state index contributed by atoms with van der Waals surface area (Å²) in [5.41, 5.74) is 10.0.